The lowest BCUT2D eigenvalue weighted by Gasteiger charge is -2.20. The Labute approximate surface area is 353 Å². The standard InChI is InChI=1S/C46H86NO10P/c1-3-5-7-9-11-13-15-17-19-20-21-22-23-24-26-27-29-31-33-35-37-44(48)54-39-42(40-55-58(52,53)56-41-43(47)46(50)51)57-45(49)38-36-34-32-30-28-25-18-16-14-12-10-8-6-4-2/h10,12,16,18,42-43H,3-9,11,13-15,17,19-41,47H2,1-2H3,(H,50,51)(H,52,53)/b12-10+,18-16+/t42-,43+/m0/s1. The Morgan fingerprint density at radius 2 is 0.931 bits per heavy atom. The van der Waals surface area contributed by atoms with Crippen LogP contribution in [0.15, 0.2) is 24.3 Å². The number of allylic oxidation sites excluding steroid dienone is 4. The Morgan fingerprint density at radius 3 is 1.40 bits per heavy atom. The molecule has 1 unspecified atom stereocenters. The van der Waals surface area contributed by atoms with Crippen LogP contribution >= 0.6 is 7.82 Å². The van der Waals surface area contributed by atoms with Crippen molar-refractivity contribution in [3.8, 4) is 0 Å². The molecule has 11 nitrogen and oxygen atoms in total. The number of carboxylic acids is 1. The molecule has 0 aromatic carbocycles. The molecule has 0 aromatic heterocycles. The number of hydrogen-bond donors (Lipinski definition) is 3. The third-order valence-corrected chi connectivity index (χ3v) is 11.2. The normalized spacial score (nSPS) is 13.9. The first-order chi connectivity index (χ1) is 28.1. The predicted molar refractivity (Wildman–Crippen MR) is 236 cm³/mol. The number of phosphoric acid groups is 1. The summed E-state index contributed by atoms with van der Waals surface area (Å²) in [6.45, 7) is 2.77. The number of esters is 2. The number of rotatable bonds is 44. The quantitative estimate of drug-likeness (QED) is 0.0231. The van der Waals surface area contributed by atoms with Crippen molar-refractivity contribution >= 4 is 25.7 Å². The van der Waals surface area contributed by atoms with Gasteiger partial charge in [-0.1, -0.05) is 192 Å². The smallest absolute Gasteiger partial charge is 0.472 e. The first kappa shape index (κ1) is 56.0. The number of phosphoric ester groups is 1. The summed E-state index contributed by atoms with van der Waals surface area (Å²) in [5.41, 5.74) is 5.34. The third-order valence-electron chi connectivity index (χ3n) is 10.2. The molecular formula is C46H86NO10P. The van der Waals surface area contributed by atoms with Gasteiger partial charge in [0.25, 0.3) is 0 Å². The number of unbranched alkanes of at least 4 members (excludes halogenated alkanes) is 26. The summed E-state index contributed by atoms with van der Waals surface area (Å²) in [7, 11) is -4.72. The predicted octanol–water partition coefficient (Wildman–Crippen LogP) is 12.6. The van der Waals surface area contributed by atoms with Crippen molar-refractivity contribution in [2.75, 3.05) is 19.8 Å². The minimum Gasteiger partial charge on any atom is -0.480 e. The summed E-state index contributed by atoms with van der Waals surface area (Å²) in [5, 5.41) is 8.89. The Bertz CT molecular complexity index is 1080. The molecule has 0 aromatic rings. The van der Waals surface area contributed by atoms with E-state index in [0.29, 0.717) is 12.8 Å². The Balaban J connectivity index is 4.26. The number of aliphatic carboxylic acids is 1. The lowest BCUT2D eigenvalue weighted by atomic mass is 10.0. The van der Waals surface area contributed by atoms with E-state index in [1.54, 1.807) is 0 Å². The van der Waals surface area contributed by atoms with Crippen LogP contribution in [0.5, 0.6) is 0 Å². The van der Waals surface area contributed by atoms with Crippen LogP contribution in [-0.2, 0) is 37.5 Å². The molecule has 0 rings (SSSR count). The van der Waals surface area contributed by atoms with Crippen molar-refractivity contribution < 1.29 is 47.5 Å². The maximum Gasteiger partial charge on any atom is 0.472 e. The fourth-order valence-electron chi connectivity index (χ4n) is 6.49. The van der Waals surface area contributed by atoms with Crippen molar-refractivity contribution in [2.24, 2.45) is 5.73 Å². The molecule has 0 heterocycles. The maximum absolute atomic E-state index is 12.6. The molecule has 0 spiro atoms. The van der Waals surface area contributed by atoms with E-state index in [9.17, 15) is 23.8 Å². The topological polar surface area (TPSA) is 172 Å². The number of carbonyl (C=O) groups is 3. The average Bonchev–Trinajstić information content (AvgIpc) is 3.20. The highest BCUT2D eigenvalue weighted by Gasteiger charge is 2.28. The highest BCUT2D eigenvalue weighted by Crippen LogP contribution is 2.43. The van der Waals surface area contributed by atoms with Gasteiger partial charge in [-0.15, -0.1) is 0 Å². The van der Waals surface area contributed by atoms with Gasteiger partial charge in [0.2, 0.25) is 0 Å². The summed E-state index contributed by atoms with van der Waals surface area (Å²) in [6, 6.07) is -1.52. The molecule has 0 aliphatic rings. The lowest BCUT2D eigenvalue weighted by molar-refractivity contribution is -0.161. The van der Waals surface area contributed by atoms with Gasteiger partial charge in [0, 0.05) is 12.8 Å². The van der Waals surface area contributed by atoms with Crippen LogP contribution in [-0.4, -0.2) is 59.9 Å². The Morgan fingerprint density at radius 1 is 0.534 bits per heavy atom. The highest BCUT2D eigenvalue weighted by atomic mass is 31.2. The molecule has 4 N–H and O–H groups in total. The van der Waals surface area contributed by atoms with E-state index in [4.69, 9.17) is 24.8 Å². The van der Waals surface area contributed by atoms with Gasteiger partial charge in [-0.05, 0) is 38.5 Å². The second kappa shape index (κ2) is 41.7. The van der Waals surface area contributed by atoms with Gasteiger partial charge < -0.3 is 25.2 Å². The fraction of sp³-hybridized carbons (Fsp3) is 0.848. The molecule has 0 aliphatic carbocycles. The van der Waals surface area contributed by atoms with Crippen LogP contribution in [0.25, 0.3) is 0 Å². The van der Waals surface area contributed by atoms with Gasteiger partial charge in [-0.3, -0.25) is 23.4 Å². The largest absolute Gasteiger partial charge is 0.480 e. The summed E-state index contributed by atoms with van der Waals surface area (Å²) in [6.07, 6.45) is 43.9. The summed E-state index contributed by atoms with van der Waals surface area (Å²) < 4.78 is 32.7. The van der Waals surface area contributed by atoms with Crippen molar-refractivity contribution in [2.45, 2.75) is 231 Å². The van der Waals surface area contributed by atoms with Gasteiger partial charge >= 0.3 is 25.7 Å². The van der Waals surface area contributed by atoms with Gasteiger partial charge in [0.15, 0.2) is 6.10 Å². The van der Waals surface area contributed by atoms with Crippen molar-refractivity contribution in [1.29, 1.82) is 0 Å². The number of ether oxygens (including phenoxy) is 2. The maximum atomic E-state index is 12.6. The van der Waals surface area contributed by atoms with E-state index in [0.717, 1.165) is 64.2 Å². The summed E-state index contributed by atoms with van der Waals surface area (Å²) in [4.78, 5) is 46.0. The molecular weight excluding hydrogens is 757 g/mol. The van der Waals surface area contributed by atoms with Crippen molar-refractivity contribution in [3.63, 3.8) is 0 Å². The lowest BCUT2D eigenvalue weighted by Crippen LogP contribution is -2.34. The van der Waals surface area contributed by atoms with E-state index in [2.05, 4.69) is 42.7 Å². The molecule has 340 valence electrons. The summed E-state index contributed by atoms with van der Waals surface area (Å²) in [5.74, 6) is -2.38. The van der Waals surface area contributed by atoms with Crippen LogP contribution in [0.4, 0.5) is 0 Å². The number of carbonyl (C=O) groups excluding carboxylic acids is 2. The minimum atomic E-state index is -4.72. The Hall–Kier alpha value is -2.04. The molecule has 0 bridgehead atoms. The van der Waals surface area contributed by atoms with E-state index in [1.165, 1.54) is 116 Å². The zero-order chi connectivity index (χ0) is 42.8. The van der Waals surface area contributed by atoms with E-state index >= 15 is 0 Å². The SMILES string of the molecule is CCCC/C=C/C/C=C/CCCCCCCC(=O)O[C@@H](COC(=O)CCCCCCCCCCCCCCCCCCCCCC)COP(=O)(O)OC[C@@H](N)C(=O)O. The second-order valence-electron chi connectivity index (χ2n) is 15.9. The molecule has 0 radical (unpaired) electrons. The first-order valence-electron chi connectivity index (χ1n) is 23.4. The molecule has 12 heteroatoms. The zero-order valence-electron chi connectivity index (χ0n) is 36.9. The summed E-state index contributed by atoms with van der Waals surface area (Å²) >= 11 is 0. The van der Waals surface area contributed by atoms with Crippen LogP contribution in [0.1, 0.15) is 219 Å². The van der Waals surface area contributed by atoms with Crippen LogP contribution in [0.3, 0.4) is 0 Å². The zero-order valence-corrected chi connectivity index (χ0v) is 37.8. The molecule has 0 fully saturated rings. The van der Waals surface area contributed by atoms with Gasteiger partial charge in [-0.2, -0.15) is 0 Å². The number of carboxylic acid groups (broad SMARTS) is 1. The minimum absolute atomic E-state index is 0.148. The van der Waals surface area contributed by atoms with E-state index in [-0.39, 0.29) is 19.4 Å². The molecule has 0 aliphatic heterocycles. The van der Waals surface area contributed by atoms with E-state index < -0.39 is 51.1 Å². The number of nitrogens with two attached hydrogens (primary N) is 1. The average molecular weight is 844 g/mol. The third kappa shape index (κ3) is 40.7. The molecule has 0 saturated carbocycles. The molecule has 0 amide bonds. The van der Waals surface area contributed by atoms with Crippen LogP contribution in [0, 0.1) is 0 Å². The fourth-order valence-corrected chi connectivity index (χ4v) is 7.27. The molecule has 0 saturated heterocycles. The molecule has 3 atom stereocenters. The molecule has 58 heavy (non-hydrogen) atoms. The highest BCUT2D eigenvalue weighted by molar-refractivity contribution is 7.47. The second-order valence-corrected chi connectivity index (χ2v) is 17.3. The number of hydrogen-bond acceptors (Lipinski definition) is 9. The van der Waals surface area contributed by atoms with Crippen LogP contribution in [0.2, 0.25) is 0 Å². The van der Waals surface area contributed by atoms with Crippen molar-refractivity contribution in [3.05, 3.63) is 24.3 Å². The van der Waals surface area contributed by atoms with Gasteiger partial charge in [-0.25, -0.2) is 4.57 Å². The Kier molecular flexibility index (Phi) is 40.2. The first-order valence-corrected chi connectivity index (χ1v) is 24.9. The van der Waals surface area contributed by atoms with Crippen molar-refractivity contribution in [1.82, 2.24) is 0 Å². The van der Waals surface area contributed by atoms with Gasteiger partial charge in [0.1, 0.15) is 12.6 Å². The van der Waals surface area contributed by atoms with Gasteiger partial charge in [0.05, 0.1) is 13.2 Å². The van der Waals surface area contributed by atoms with Crippen LogP contribution < -0.4 is 5.73 Å². The van der Waals surface area contributed by atoms with E-state index in [1.807, 2.05) is 0 Å². The monoisotopic (exact) mass is 844 g/mol.